The maximum absolute atomic E-state index is 11.1. The number of nitrogens with one attached hydrogen (secondary N) is 1. The fraction of sp³-hybridized carbons (Fsp3) is 0.556. The van der Waals surface area contributed by atoms with Crippen LogP contribution in [0.25, 0.3) is 0 Å². The first-order valence-corrected chi connectivity index (χ1v) is 5.86. The Labute approximate surface area is 93.3 Å². The molecule has 0 saturated heterocycles. The minimum Gasteiger partial charge on any atom is -0.355 e. The van der Waals surface area contributed by atoms with E-state index in [1.165, 1.54) is 0 Å². The summed E-state index contributed by atoms with van der Waals surface area (Å²) in [6, 6.07) is 0. The molecular formula is C9H14N2OS2. The highest BCUT2D eigenvalue weighted by molar-refractivity contribution is 7.81. The number of hydrogen-bond donors (Lipinski definition) is 2. The summed E-state index contributed by atoms with van der Waals surface area (Å²) in [5.41, 5.74) is 1.04. The number of thiol groups is 1. The molecule has 0 saturated carbocycles. The van der Waals surface area contributed by atoms with Crippen molar-refractivity contribution in [3.8, 4) is 0 Å². The first-order chi connectivity index (χ1) is 6.59. The van der Waals surface area contributed by atoms with Crippen molar-refractivity contribution in [2.75, 3.05) is 6.54 Å². The van der Waals surface area contributed by atoms with E-state index in [0.29, 0.717) is 6.54 Å². The Morgan fingerprint density at radius 3 is 3.00 bits per heavy atom. The summed E-state index contributed by atoms with van der Waals surface area (Å²) in [6.07, 6.45) is 0.788. The zero-order valence-electron chi connectivity index (χ0n) is 8.28. The van der Waals surface area contributed by atoms with Crippen LogP contribution < -0.4 is 5.32 Å². The summed E-state index contributed by atoms with van der Waals surface area (Å²) in [7, 11) is 0. The number of aromatic nitrogens is 1. The summed E-state index contributed by atoms with van der Waals surface area (Å²) < 4.78 is 0. The van der Waals surface area contributed by atoms with Gasteiger partial charge in [-0.1, -0.05) is 0 Å². The van der Waals surface area contributed by atoms with Crippen molar-refractivity contribution in [2.45, 2.75) is 25.5 Å². The summed E-state index contributed by atoms with van der Waals surface area (Å²) in [6.45, 7) is 4.36. The topological polar surface area (TPSA) is 42.0 Å². The average molecular weight is 230 g/mol. The van der Waals surface area contributed by atoms with Crippen LogP contribution in [0.5, 0.6) is 0 Å². The van der Waals surface area contributed by atoms with Gasteiger partial charge in [-0.3, -0.25) is 4.79 Å². The molecule has 14 heavy (non-hydrogen) atoms. The van der Waals surface area contributed by atoms with Crippen LogP contribution in [0.3, 0.4) is 0 Å². The molecule has 0 fully saturated rings. The molecule has 1 aromatic heterocycles. The quantitative estimate of drug-likeness (QED) is 0.768. The highest BCUT2D eigenvalue weighted by atomic mass is 32.1. The Balaban J connectivity index is 2.25. The van der Waals surface area contributed by atoms with Crippen molar-refractivity contribution in [1.82, 2.24) is 10.3 Å². The molecule has 0 bridgehead atoms. The van der Waals surface area contributed by atoms with Gasteiger partial charge in [0.2, 0.25) is 5.91 Å². The first kappa shape index (κ1) is 11.5. The van der Waals surface area contributed by atoms with Crippen molar-refractivity contribution >= 4 is 29.9 Å². The van der Waals surface area contributed by atoms with E-state index >= 15 is 0 Å². The lowest BCUT2D eigenvalue weighted by molar-refractivity contribution is -0.120. The van der Waals surface area contributed by atoms with Crippen molar-refractivity contribution in [3.63, 3.8) is 0 Å². The Morgan fingerprint density at radius 2 is 2.50 bits per heavy atom. The van der Waals surface area contributed by atoms with E-state index < -0.39 is 0 Å². The summed E-state index contributed by atoms with van der Waals surface area (Å²) in [5.74, 6) is -0.0275. The molecule has 0 aromatic carbocycles. The molecular weight excluding hydrogens is 216 g/mol. The Morgan fingerprint density at radius 1 is 1.79 bits per heavy atom. The van der Waals surface area contributed by atoms with E-state index in [4.69, 9.17) is 0 Å². The first-order valence-electron chi connectivity index (χ1n) is 4.46. The monoisotopic (exact) mass is 230 g/mol. The smallest absolute Gasteiger partial charge is 0.232 e. The molecule has 1 atom stereocenters. The molecule has 5 heteroatoms. The summed E-state index contributed by atoms with van der Waals surface area (Å²) in [5, 5.41) is 5.63. The molecule has 0 aliphatic rings. The van der Waals surface area contributed by atoms with E-state index in [9.17, 15) is 4.79 Å². The normalized spacial score (nSPS) is 12.5. The SMILES string of the molecule is Cc1nc(CCNC(=O)C(C)S)cs1. The lowest BCUT2D eigenvalue weighted by Crippen LogP contribution is -2.31. The number of carbonyl (C=O) groups excluding carboxylic acids is 1. The van der Waals surface area contributed by atoms with Gasteiger partial charge in [0.25, 0.3) is 0 Å². The number of hydrogen-bond acceptors (Lipinski definition) is 4. The van der Waals surface area contributed by atoms with Crippen molar-refractivity contribution in [1.29, 1.82) is 0 Å². The van der Waals surface area contributed by atoms with Gasteiger partial charge in [-0.2, -0.15) is 12.6 Å². The number of thiazole rings is 1. The van der Waals surface area contributed by atoms with Gasteiger partial charge < -0.3 is 5.32 Å². The lowest BCUT2D eigenvalue weighted by atomic mass is 10.3. The highest BCUT2D eigenvalue weighted by Crippen LogP contribution is 2.07. The van der Waals surface area contributed by atoms with Gasteiger partial charge in [-0.15, -0.1) is 11.3 Å². The van der Waals surface area contributed by atoms with Gasteiger partial charge in [-0.25, -0.2) is 4.98 Å². The molecule has 1 aromatic rings. The molecule has 1 amide bonds. The van der Waals surface area contributed by atoms with Crippen LogP contribution in [-0.2, 0) is 11.2 Å². The third-order valence-corrected chi connectivity index (χ3v) is 2.78. The van der Waals surface area contributed by atoms with Crippen LogP contribution in [0.2, 0.25) is 0 Å². The Bertz CT molecular complexity index is 310. The van der Waals surface area contributed by atoms with Gasteiger partial charge in [-0.05, 0) is 13.8 Å². The molecule has 0 spiro atoms. The molecule has 1 heterocycles. The standard InChI is InChI=1S/C9H14N2OS2/c1-6(13)9(12)10-4-3-8-5-14-7(2)11-8/h5-6,13H,3-4H2,1-2H3,(H,10,12). The van der Waals surface area contributed by atoms with Crippen molar-refractivity contribution < 1.29 is 4.79 Å². The van der Waals surface area contributed by atoms with E-state index in [2.05, 4.69) is 22.9 Å². The molecule has 1 N–H and O–H groups in total. The third-order valence-electron chi connectivity index (χ3n) is 1.73. The maximum Gasteiger partial charge on any atom is 0.232 e. The van der Waals surface area contributed by atoms with E-state index in [-0.39, 0.29) is 11.2 Å². The molecule has 1 unspecified atom stereocenters. The van der Waals surface area contributed by atoms with E-state index in [1.54, 1.807) is 18.3 Å². The molecule has 0 radical (unpaired) electrons. The second kappa shape index (κ2) is 5.36. The summed E-state index contributed by atoms with van der Waals surface area (Å²) in [4.78, 5) is 15.4. The van der Waals surface area contributed by atoms with Gasteiger partial charge in [0.05, 0.1) is 16.0 Å². The predicted molar refractivity (Wildman–Crippen MR) is 62.0 cm³/mol. The second-order valence-corrected chi connectivity index (χ2v) is 4.91. The van der Waals surface area contributed by atoms with Crippen LogP contribution in [0.15, 0.2) is 5.38 Å². The zero-order chi connectivity index (χ0) is 10.6. The van der Waals surface area contributed by atoms with Crippen LogP contribution >= 0.6 is 24.0 Å². The van der Waals surface area contributed by atoms with Gasteiger partial charge >= 0.3 is 0 Å². The number of aryl methyl sites for hydroxylation is 1. The van der Waals surface area contributed by atoms with Crippen LogP contribution in [0, 0.1) is 6.92 Å². The molecule has 0 aliphatic heterocycles. The molecule has 3 nitrogen and oxygen atoms in total. The summed E-state index contributed by atoms with van der Waals surface area (Å²) >= 11 is 5.66. The number of carbonyl (C=O) groups is 1. The fourth-order valence-electron chi connectivity index (χ4n) is 0.985. The van der Waals surface area contributed by atoms with E-state index in [1.807, 2.05) is 12.3 Å². The predicted octanol–water partition coefficient (Wildman–Crippen LogP) is 1.43. The Kier molecular flexibility index (Phi) is 4.41. The zero-order valence-corrected chi connectivity index (χ0v) is 9.99. The van der Waals surface area contributed by atoms with Crippen LogP contribution in [-0.4, -0.2) is 22.7 Å². The lowest BCUT2D eigenvalue weighted by Gasteiger charge is -2.05. The number of amides is 1. The minimum absolute atomic E-state index is 0.0275. The third kappa shape index (κ3) is 3.67. The Hall–Kier alpha value is -0.550. The largest absolute Gasteiger partial charge is 0.355 e. The van der Waals surface area contributed by atoms with Gasteiger partial charge in [0, 0.05) is 18.3 Å². The van der Waals surface area contributed by atoms with Crippen LogP contribution in [0.4, 0.5) is 0 Å². The number of nitrogens with zero attached hydrogens (tertiary/aromatic N) is 1. The van der Waals surface area contributed by atoms with Crippen molar-refractivity contribution in [2.24, 2.45) is 0 Å². The highest BCUT2D eigenvalue weighted by Gasteiger charge is 2.06. The van der Waals surface area contributed by atoms with Crippen molar-refractivity contribution in [3.05, 3.63) is 16.1 Å². The molecule has 78 valence electrons. The van der Waals surface area contributed by atoms with Gasteiger partial charge in [0.15, 0.2) is 0 Å². The van der Waals surface area contributed by atoms with E-state index in [0.717, 1.165) is 17.1 Å². The number of rotatable bonds is 4. The minimum atomic E-state index is -0.243. The average Bonchev–Trinajstić information content (AvgIpc) is 2.51. The molecule has 1 rings (SSSR count). The second-order valence-electron chi connectivity index (χ2n) is 3.07. The maximum atomic E-state index is 11.1. The van der Waals surface area contributed by atoms with Gasteiger partial charge in [0.1, 0.15) is 0 Å². The molecule has 0 aliphatic carbocycles. The van der Waals surface area contributed by atoms with Crippen LogP contribution in [0.1, 0.15) is 17.6 Å². The fourth-order valence-corrected chi connectivity index (χ4v) is 1.72.